The molecule has 2 heteroatoms. The smallest absolute Gasteiger partial charge is 0.341 e. The van der Waals surface area contributed by atoms with Gasteiger partial charge in [0.25, 0.3) is 0 Å². The molecule has 2 atom stereocenters. The second-order valence-electron chi connectivity index (χ2n) is 5.01. The number of benzene rings is 1. The molecule has 84 valence electrons. The monoisotopic (exact) mass is 291 g/mol. The Morgan fingerprint density at radius 2 is 2.00 bits per heavy atom. The number of likely N-dealkylation sites (tertiary alicyclic amines) is 1. The van der Waals surface area contributed by atoms with Gasteiger partial charge in [-0.25, -0.2) is 0 Å². The molecule has 0 unspecified atom stereocenters. The van der Waals surface area contributed by atoms with Gasteiger partial charge in [-0.3, -0.25) is 0 Å². The predicted molar refractivity (Wildman–Crippen MR) is 64.0 cm³/mol. The minimum Gasteiger partial charge on any atom is -0.341 e. The van der Waals surface area contributed by atoms with Crippen molar-refractivity contribution in [3.05, 3.63) is 49.7 Å². The van der Waals surface area contributed by atoms with Gasteiger partial charge in [-0.2, -0.15) is 11.3 Å². The van der Waals surface area contributed by atoms with Gasteiger partial charge in [0.2, 0.25) is 0 Å². The van der Waals surface area contributed by atoms with Gasteiger partial charge in [-0.05, 0) is 18.7 Å². The summed E-state index contributed by atoms with van der Waals surface area (Å²) in [5.74, 6) is 0.446. The first-order valence-corrected chi connectivity index (χ1v) is 5.53. The number of hydrogen-bond donors (Lipinski definition) is 0. The molecule has 0 aromatic heterocycles. The summed E-state index contributed by atoms with van der Waals surface area (Å²) in [6.45, 7) is 13.8. The summed E-state index contributed by atoms with van der Waals surface area (Å²) in [6.07, 6.45) is 0. The second kappa shape index (κ2) is 5.60. The fourth-order valence-electron chi connectivity index (χ4n) is 2.20. The number of hydrogen-bond acceptors (Lipinski definition) is 1. The Kier molecular flexibility index (Phi) is 4.94. The molecule has 0 bridgehead atoms. The maximum atomic E-state index is 4.24. The molecular formula is C14H19NZr. The van der Waals surface area contributed by atoms with Gasteiger partial charge in [-0.15, -0.1) is 0 Å². The van der Waals surface area contributed by atoms with Crippen LogP contribution < -0.4 is 0 Å². The van der Waals surface area contributed by atoms with Crippen molar-refractivity contribution >= 4 is 0 Å². The second-order valence-corrected chi connectivity index (χ2v) is 5.01. The molecule has 1 aliphatic heterocycles. The van der Waals surface area contributed by atoms with Gasteiger partial charge in [-0.1, -0.05) is 37.3 Å². The van der Waals surface area contributed by atoms with Crippen LogP contribution in [0.2, 0.25) is 0 Å². The standard InChI is InChI=1S/C14H19N.Zr/c1-12-9-15(11-14(12,2)3)10-13-7-5-4-6-8-13;/h4-8,12H,1-2,9-11H2,3H3;/q-2;+2/t12-,14-;/m1./s1. The molecule has 0 N–H and O–H groups in total. The summed E-state index contributed by atoms with van der Waals surface area (Å²) in [4.78, 5) is 2.44. The van der Waals surface area contributed by atoms with Crippen molar-refractivity contribution in [3.8, 4) is 0 Å². The molecule has 0 amide bonds. The topological polar surface area (TPSA) is 3.24 Å². The largest absolute Gasteiger partial charge is 2.00 e. The molecule has 0 saturated carbocycles. The molecule has 1 aliphatic rings. The van der Waals surface area contributed by atoms with E-state index in [1.165, 1.54) is 5.56 Å². The van der Waals surface area contributed by atoms with E-state index in [2.05, 4.69) is 56.0 Å². The summed E-state index contributed by atoms with van der Waals surface area (Å²) in [5, 5.41) is 0. The van der Waals surface area contributed by atoms with E-state index in [0.29, 0.717) is 5.92 Å². The van der Waals surface area contributed by atoms with E-state index >= 15 is 0 Å². The summed E-state index contributed by atoms with van der Waals surface area (Å²) in [6, 6.07) is 10.6. The van der Waals surface area contributed by atoms with E-state index in [0.717, 1.165) is 19.6 Å². The fourth-order valence-corrected chi connectivity index (χ4v) is 2.20. The molecule has 1 aromatic rings. The SMILES string of the molecule is [CH2-][C@@H]1CN(Cc2ccccc2)C[C@@]1([CH2-])C.[Zr+2]. The maximum Gasteiger partial charge on any atom is 2.00 e. The molecule has 0 radical (unpaired) electrons. The van der Waals surface area contributed by atoms with Crippen molar-refractivity contribution in [1.29, 1.82) is 0 Å². The Hall–Kier alpha value is 0.0631. The zero-order chi connectivity index (χ0) is 10.9. The summed E-state index contributed by atoms with van der Waals surface area (Å²) >= 11 is 0. The first-order chi connectivity index (χ1) is 7.08. The first-order valence-electron chi connectivity index (χ1n) is 5.53. The minimum absolute atomic E-state index is 0. The molecule has 1 fully saturated rings. The van der Waals surface area contributed by atoms with Crippen molar-refractivity contribution in [1.82, 2.24) is 4.90 Å². The minimum atomic E-state index is 0. The van der Waals surface area contributed by atoms with Gasteiger partial charge < -0.3 is 18.7 Å². The summed E-state index contributed by atoms with van der Waals surface area (Å²) in [5.41, 5.74) is 1.50. The Balaban J connectivity index is 0.00000128. The average Bonchev–Trinajstić information content (AvgIpc) is 2.42. The molecular weight excluding hydrogens is 273 g/mol. The van der Waals surface area contributed by atoms with Crippen LogP contribution in [-0.2, 0) is 32.7 Å². The zero-order valence-electron chi connectivity index (χ0n) is 9.95. The van der Waals surface area contributed by atoms with Crippen molar-refractivity contribution in [2.75, 3.05) is 13.1 Å². The third-order valence-electron chi connectivity index (χ3n) is 3.30. The van der Waals surface area contributed by atoms with Gasteiger partial charge in [0.1, 0.15) is 0 Å². The van der Waals surface area contributed by atoms with E-state index in [1.54, 1.807) is 0 Å². The van der Waals surface area contributed by atoms with Crippen LogP contribution in [0.1, 0.15) is 12.5 Å². The summed E-state index contributed by atoms with van der Waals surface area (Å²) < 4.78 is 0. The molecule has 1 saturated heterocycles. The number of nitrogens with zero attached hydrogens (tertiary/aromatic N) is 1. The Labute approximate surface area is 118 Å². The van der Waals surface area contributed by atoms with Crippen LogP contribution in [-0.4, -0.2) is 18.0 Å². The average molecular weight is 293 g/mol. The van der Waals surface area contributed by atoms with Gasteiger partial charge >= 0.3 is 26.2 Å². The molecule has 1 heterocycles. The fraction of sp³-hybridized carbons (Fsp3) is 0.429. The zero-order valence-corrected chi connectivity index (χ0v) is 12.4. The number of rotatable bonds is 2. The van der Waals surface area contributed by atoms with Gasteiger partial charge in [0.15, 0.2) is 0 Å². The van der Waals surface area contributed by atoms with Crippen molar-refractivity contribution in [2.24, 2.45) is 11.3 Å². The molecule has 0 aliphatic carbocycles. The van der Waals surface area contributed by atoms with Crippen LogP contribution in [0.5, 0.6) is 0 Å². The first kappa shape index (κ1) is 14.1. The summed E-state index contributed by atoms with van der Waals surface area (Å²) in [7, 11) is 0. The van der Waals surface area contributed by atoms with Crippen LogP contribution in [0.25, 0.3) is 0 Å². The predicted octanol–water partition coefficient (Wildman–Crippen LogP) is 2.79. The van der Waals surface area contributed by atoms with Crippen LogP contribution >= 0.6 is 0 Å². The Morgan fingerprint density at radius 3 is 2.50 bits per heavy atom. The van der Waals surface area contributed by atoms with E-state index in [9.17, 15) is 0 Å². The van der Waals surface area contributed by atoms with Crippen LogP contribution in [0.3, 0.4) is 0 Å². The van der Waals surface area contributed by atoms with Crippen LogP contribution in [0.4, 0.5) is 0 Å². The maximum absolute atomic E-state index is 4.24. The van der Waals surface area contributed by atoms with Crippen molar-refractivity contribution in [2.45, 2.75) is 13.5 Å². The molecule has 16 heavy (non-hydrogen) atoms. The quantitative estimate of drug-likeness (QED) is 0.758. The van der Waals surface area contributed by atoms with E-state index < -0.39 is 0 Å². The van der Waals surface area contributed by atoms with Crippen molar-refractivity contribution in [3.63, 3.8) is 0 Å². The van der Waals surface area contributed by atoms with E-state index in [-0.39, 0.29) is 31.6 Å². The molecule has 0 spiro atoms. The normalized spacial score (nSPS) is 30.1. The van der Waals surface area contributed by atoms with E-state index in [1.807, 2.05) is 0 Å². The molecule has 1 nitrogen and oxygen atoms in total. The molecule has 2 rings (SSSR count). The van der Waals surface area contributed by atoms with Crippen molar-refractivity contribution < 1.29 is 26.2 Å². The Morgan fingerprint density at radius 1 is 1.38 bits per heavy atom. The third-order valence-corrected chi connectivity index (χ3v) is 3.30. The Bertz CT molecular complexity index is 321. The van der Waals surface area contributed by atoms with E-state index in [4.69, 9.17) is 0 Å². The van der Waals surface area contributed by atoms with Gasteiger partial charge in [0.05, 0.1) is 0 Å². The van der Waals surface area contributed by atoms with Crippen LogP contribution in [0, 0.1) is 25.2 Å². The molecule has 1 aromatic carbocycles. The van der Waals surface area contributed by atoms with Gasteiger partial charge in [0, 0.05) is 6.54 Å². The van der Waals surface area contributed by atoms with Crippen LogP contribution in [0.15, 0.2) is 30.3 Å². The third kappa shape index (κ3) is 3.28.